The monoisotopic (exact) mass is 462 g/mol. The third kappa shape index (κ3) is 5.23. The number of anilines is 1. The molecule has 2 aromatic carbocycles. The minimum atomic E-state index is -3.61. The van der Waals surface area contributed by atoms with Gasteiger partial charge in [0.2, 0.25) is 0 Å². The zero-order valence-corrected chi connectivity index (χ0v) is 19.0. The summed E-state index contributed by atoms with van der Waals surface area (Å²) >= 11 is 1.16. The second-order valence-corrected chi connectivity index (χ2v) is 10.1. The van der Waals surface area contributed by atoms with Crippen LogP contribution in [-0.4, -0.2) is 39.9 Å². The highest BCUT2D eigenvalue weighted by molar-refractivity contribution is 7.94. The Morgan fingerprint density at radius 3 is 2.29 bits per heavy atom. The molecule has 0 fully saturated rings. The van der Waals surface area contributed by atoms with Gasteiger partial charge in [-0.05, 0) is 60.3 Å². The van der Waals surface area contributed by atoms with Gasteiger partial charge in [0.25, 0.3) is 15.9 Å². The zero-order valence-electron chi connectivity index (χ0n) is 17.4. The number of amides is 1. The maximum atomic E-state index is 13.1. The van der Waals surface area contributed by atoms with E-state index >= 15 is 0 Å². The molecule has 0 aliphatic heterocycles. The van der Waals surface area contributed by atoms with Gasteiger partial charge in [-0.15, -0.1) is 11.3 Å². The molecule has 0 spiro atoms. The fraction of sp³-hybridized carbons (Fsp3) is 0.227. The molecule has 9 heteroatoms. The van der Waals surface area contributed by atoms with Crippen molar-refractivity contribution >= 4 is 33.0 Å². The predicted octanol–water partition coefficient (Wildman–Crippen LogP) is 4.31. The average Bonchev–Trinajstić information content (AvgIpc) is 3.33. The number of halogens is 1. The van der Waals surface area contributed by atoms with Gasteiger partial charge in [-0.3, -0.25) is 9.10 Å². The predicted molar refractivity (Wildman–Crippen MR) is 119 cm³/mol. The maximum Gasteiger partial charge on any atom is 0.273 e. The van der Waals surface area contributed by atoms with Gasteiger partial charge in [0, 0.05) is 14.1 Å². The molecule has 0 saturated carbocycles. The van der Waals surface area contributed by atoms with Crippen molar-refractivity contribution in [2.24, 2.45) is 0 Å². The Hall–Kier alpha value is -2.91. The fourth-order valence-electron chi connectivity index (χ4n) is 2.86. The van der Waals surface area contributed by atoms with Crippen LogP contribution in [0.15, 0.2) is 70.3 Å². The van der Waals surface area contributed by atoms with Crippen LogP contribution >= 0.6 is 11.3 Å². The number of benzene rings is 2. The van der Waals surface area contributed by atoms with E-state index in [1.165, 1.54) is 28.4 Å². The lowest BCUT2D eigenvalue weighted by molar-refractivity contribution is -0.134. The Morgan fingerprint density at radius 1 is 1.06 bits per heavy atom. The van der Waals surface area contributed by atoms with Crippen LogP contribution in [-0.2, 0) is 14.8 Å². The number of thiophene rings is 1. The first-order valence-corrected chi connectivity index (χ1v) is 11.8. The van der Waals surface area contributed by atoms with Crippen LogP contribution in [0.4, 0.5) is 10.1 Å². The van der Waals surface area contributed by atoms with E-state index in [-0.39, 0.29) is 28.6 Å². The molecule has 0 N–H and O–H groups in total. The largest absolute Gasteiger partial charge is 0.484 e. The van der Waals surface area contributed by atoms with E-state index in [4.69, 9.17) is 4.74 Å². The van der Waals surface area contributed by atoms with Crippen molar-refractivity contribution in [1.82, 2.24) is 4.90 Å². The molecule has 1 amide bonds. The molecule has 0 aliphatic carbocycles. The quantitative estimate of drug-likeness (QED) is 0.500. The summed E-state index contributed by atoms with van der Waals surface area (Å²) in [6.45, 7) is 1.68. The van der Waals surface area contributed by atoms with E-state index in [9.17, 15) is 17.6 Å². The van der Waals surface area contributed by atoms with Crippen molar-refractivity contribution in [1.29, 1.82) is 0 Å². The highest BCUT2D eigenvalue weighted by atomic mass is 32.2. The van der Waals surface area contributed by atoms with Gasteiger partial charge in [-0.2, -0.15) is 0 Å². The smallest absolute Gasteiger partial charge is 0.273 e. The Morgan fingerprint density at radius 2 is 1.71 bits per heavy atom. The molecule has 6 nitrogen and oxygen atoms in total. The SMILES string of the molecule is CC(c1ccc(F)cc1)N(C)C(=O)COc1ccc(N(C)S(=O)(=O)c2cccs2)cc1. The molecule has 1 heterocycles. The number of hydrogen-bond acceptors (Lipinski definition) is 5. The van der Waals surface area contributed by atoms with E-state index in [0.29, 0.717) is 11.4 Å². The number of ether oxygens (including phenoxy) is 1. The molecule has 164 valence electrons. The molecule has 1 aromatic heterocycles. The molecule has 3 rings (SSSR count). The van der Waals surface area contributed by atoms with Crippen LogP contribution in [0.5, 0.6) is 5.75 Å². The minimum Gasteiger partial charge on any atom is -0.484 e. The first-order valence-electron chi connectivity index (χ1n) is 9.46. The van der Waals surface area contributed by atoms with Crippen LogP contribution in [0, 0.1) is 5.82 Å². The molecular weight excluding hydrogens is 439 g/mol. The summed E-state index contributed by atoms with van der Waals surface area (Å²) < 4.78 is 45.3. The summed E-state index contributed by atoms with van der Waals surface area (Å²) in [5, 5.41) is 1.71. The van der Waals surface area contributed by atoms with Gasteiger partial charge in [-0.25, -0.2) is 12.8 Å². The van der Waals surface area contributed by atoms with Gasteiger partial charge in [-0.1, -0.05) is 18.2 Å². The van der Waals surface area contributed by atoms with Crippen molar-refractivity contribution < 1.29 is 22.3 Å². The van der Waals surface area contributed by atoms with E-state index in [2.05, 4.69) is 0 Å². The number of carbonyl (C=O) groups is 1. The summed E-state index contributed by atoms with van der Waals surface area (Å²) in [5.74, 6) is -0.120. The second-order valence-electron chi connectivity index (χ2n) is 6.92. The standard InChI is InChI=1S/C22H23FN2O4S2/c1-16(17-6-8-18(23)9-7-17)24(2)21(26)15-29-20-12-10-19(11-13-20)25(3)31(27,28)22-5-4-14-30-22/h4-14,16H,15H2,1-3H3. The molecule has 0 aliphatic rings. The molecule has 31 heavy (non-hydrogen) atoms. The van der Waals surface area contributed by atoms with E-state index in [0.717, 1.165) is 16.9 Å². The number of hydrogen-bond donors (Lipinski definition) is 0. The molecule has 3 aromatic rings. The van der Waals surface area contributed by atoms with Crippen LogP contribution in [0.2, 0.25) is 0 Å². The van der Waals surface area contributed by atoms with Gasteiger partial charge in [0.1, 0.15) is 15.8 Å². The van der Waals surface area contributed by atoms with Crippen molar-refractivity contribution in [3.05, 3.63) is 77.4 Å². The Balaban J connectivity index is 1.59. The lowest BCUT2D eigenvalue weighted by atomic mass is 10.1. The lowest BCUT2D eigenvalue weighted by Gasteiger charge is -2.25. The van der Waals surface area contributed by atoms with Gasteiger partial charge in [0.05, 0.1) is 11.7 Å². The van der Waals surface area contributed by atoms with Gasteiger partial charge in [0.15, 0.2) is 6.61 Å². The molecular formula is C22H23FN2O4S2. The highest BCUT2D eigenvalue weighted by Crippen LogP contribution is 2.27. The Labute approximate surface area is 185 Å². The first-order chi connectivity index (χ1) is 14.7. The molecule has 1 atom stereocenters. The third-order valence-electron chi connectivity index (χ3n) is 5.00. The van der Waals surface area contributed by atoms with Gasteiger partial charge >= 0.3 is 0 Å². The molecule has 0 bridgehead atoms. The average molecular weight is 463 g/mol. The molecule has 0 saturated heterocycles. The number of likely N-dealkylation sites (N-methyl/N-ethyl adjacent to an activating group) is 1. The van der Waals surface area contributed by atoms with Crippen LogP contribution in [0.1, 0.15) is 18.5 Å². The first kappa shape index (κ1) is 22.8. The summed E-state index contributed by atoms with van der Waals surface area (Å²) in [6, 6.07) is 15.5. The summed E-state index contributed by atoms with van der Waals surface area (Å²) in [6.07, 6.45) is 0. The van der Waals surface area contributed by atoms with Crippen LogP contribution in [0.3, 0.4) is 0 Å². The van der Waals surface area contributed by atoms with Crippen molar-refractivity contribution in [2.75, 3.05) is 25.0 Å². The van der Waals surface area contributed by atoms with Crippen molar-refractivity contribution in [3.63, 3.8) is 0 Å². The minimum absolute atomic E-state index is 0.176. The molecule has 0 radical (unpaired) electrons. The Bertz CT molecular complexity index is 1120. The summed E-state index contributed by atoms with van der Waals surface area (Å²) in [7, 11) is -0.464. The zero-order chi connectivity index (χ0) is 22.6. The molecule has 1 unspecified atom stereocenters. The summed E-state index contributed by atoms with van der Waals surface area (Å²) in [5.41, 5.74) is 1.30. The summed E-state index contributed by atoms with van der Waals surface area (Å²) in [4.78, 5) is 14.0. The topological polar surface area (TPSA) is 66.9 Å². The number of sulfonamides is 1. The van der Waals surface area contributed by atoms with Crippen LogP contribution < -0.4 is 9.04 Å². The third-order valence-corrected chi connectivity index (χ3v) is 8.16. The normalized spacial score (nSPS) is 12.3. The fourth-order valence-corrected chi connectivity index (χ4v) is 5.22. The number of nitrogens with zero attached hydrogens (tertiary/aromatic N) is 2. The van der Waals surface area contributed by atoms with Crippen molar-refractivity contribution in [3.8, 4) is 5.75 Å². The lowest BCUT2D eigenvalue weighted by Crippen LogP contribution is -2.33. The highest BCUT2D eigenvalue weighted by Gasteiger charge is 2.22. The maximum absolute atomic E-state index is 13.1. The van der Waals surface area contributed by atoms with Gasteiger partial charge < -0.3 is 9.64 Å². The Kier molecular flexibility index (Phi) is 6.97. The van der Waals surface area contributed by atoms with E-state index in [1.54, 1.807) is 61.0 Å². The van der Waals surface area contributed by atoms with E-state index < -0.39 is 10.0 Å². The van der Waals surface area contributed by atoms with E-state index in [1.807, 2.05) is 6.92 Å². The second kappa shape index (κ2) is 9.49. The number of carbonyl (C=O) groups excluding carboxylic acids is 1. The number of rotatable bonds is 8. The van der Waals surface area contributed by atoms with Crippen LogP contribution in [0.25, 0.3) is 0 Å². The van der Waals surface area contributed by atoms with Crippen molar-refractivity contribution in [2.45, 2.75) is 17.2 Å².